The number of ether oxygens (including phenoxy) is 1. The molecule has 1 aliphatic rings. The van der Waals surface area contributed by atoms with Gasteiger partial charge in [0, 0.05) is 41.5 Å². The summed E-state index contributed by atoms with van der Waals surface area (Å²) in [5.74, 6) is -1.62. The van der Waals surface area contributed by atoms with E-state index in [0.29, 0.717) is 28.8 Å². The number of dihydropyridines is 1. The molecule has 1 unspecified atom stereocenters. The summed E-state index contributed by atoms with van der Waals surface area (Å²) in [6.45, 7) is 3.90. The topological polar surface area (TPSA) is 116 Å². The minimum atomic E-state index is -0.740. The van der Waals surface area contributed by atoms with Gasteiger partial charge in [0.2, 0.25) is 0 Å². The Labute approximate surface area is 192 Å². The monoisotopic (exact) mass is 452 g/mol. The molecule has 9 heteroatoms. The van der Waals surface area contributed by atoms with Crippen LogP contribution >= 0.6 is 0 Å². The summed E-state index contributed by atoms with van der Waals surface area (Å²) in [5.41, 5.74) is 2.56. The molecule has 0 spiro atoms. The standard InChI is InChI=1S/C24H28N4O5/c1-4-5-6-7-8-19-22(23(29)27-14-13-25-15-27)21(20(16(2)26-19)24(30)33-3)17-9-11-18(12-10-17)28(31)32/h9-15,21,26H,4-8H2,1-3H3. The van der Waals surface area contributed by atoms with E-state index >= 15 is 0 Å². The highest BCUT2D eigenvalue weighted by Gasteiger charge is 2.38. The Balaban J connectivity index is 2.16. The molecule has 9 nitrogen and oxygen atoms in total. The van der Waals surface area contributed by atoms with Crippen molar-refractivity contribution >= 4 is 17.6 Å². The zero-order valence-corrected chi connectivity index (χ0v) is 19.0. The van der Waals surface area contributed by atoms with Gasteiger partial charge >= 0.3 is 5.97 Å². The Morgan fingerprint density at radius 1 is 1.18 bits per heavy atom. The van der Waals surface area contributed by atoms with Crippen molar-refractivity contribution in [3.8, 4) is 0 Å². The summed E-state index contributed by atoms with van der Waals surface area (Å²) >= 11 is 0. The molecule has 0 bridgehead atoms. The van der Waals surface area contributed by atoms with Crippen molar-refractivity contribution in [3.63, 3.8) is 0 Å². The van der Waals surface area contributed by atoms with Gasteiger partial charge in [-0.1, -0.05) is 38.3 Å². The summed E-state index contributed by atoms with van der Waals surface area (Å²) in [5, 5.41) is 14.4. The van der Waals surface area contributed by atoms with Crippen LogP contribution in [-0.4, -0.2) is 33.5 Å². The molecule has 174 valence electrons. The predicted octanol–water partition coefficient (Wildman–Crippen LogP) is 4.49. The van der Waals surface area contributed by atoms with Gasteiger partial charge in [-0.15, -0.1) is 0 Å². The first-order chi connectivity index (χ1) is 15.9. The maximum atomic E-state index is 13.6. The second-order valence-electron chi connectivity index (χ2n) is 7.91. The van der Waals surface area contributed by atoms with Gasteiger partial charge in [0.1, 0.15) is 6.33 Å². The number of unbranched alkanes of at least 4 members (excludes halogenated alkanes) is 3. The van der Waals surface area contributed by atoms with Crippen molar-refractivity contribution in [1.29, 1.82) is 0 Å². The van der Waals surface area contributed by atoms with Crippen LogP contribution in [0.4, 0.5) is 5.69 Å². The zero-order valence-electron chi connectivity index (χ0n) is 19.0. The quantitative estimate of drug-likeness (QED) is 0.258. The van der Waals surface area contributed by atoms with Crippen LogP contribution in [0, 0.1) is 10.1 Å². The molecule has 3 rings (SSSR count). The Morgan fingerprint density at radius 2 is 1.91 bits per heavy atom. The van der Waals surface area contributed by atoms with Crippen molar-refractivity contribution in [2.45, 2.75) is 51.9 Å². The predicted molar refractivity (Wildman–Crippen MR) is 122 cm³/mol. The number of nitro benzene ring substituents is 1. The van der Waals surface area contributed by atoms with Crippen molar-refractivity contribution in [2.24, 2.45) is 0 Å². The first-order valence-corrected chi connectivity index (χ1v) is 10.9. The molecular weight excluding hydrogens is 424 g/mol. The van der Waals surface area contributed by atoms with Crippen LogP contribution in [0.15, 0.2) is 65.5 Å². The first-order valence-electron chi connectivity index (χ1n) is 10.9. The normalized spacial score (nSPS) is 15.9. The molecule has 1 N–H and O–H groups in total. The number of nitrogens with one attached hydrogen (secondary N) is 1. The van der Waals surface area contributed by atoms with E-state index in [1.165, 1.54) is 36.3 Å². The molecule has 0 saturated heterocycles. The third-order valence-electron chi connectivity index (χ3n) is 5.74. The summed E-state index contributed by atoms with van der Waals surface area (Å²) in [6, 6.07) is 5.92. The Hall–Kier alpha value is -3.75. The number of hydrogen-bond acceptors (Lipinski definition) is 7. The van der Waals surface area contributed by atoms with Gasteiger partial charge in [0.25, 0.3) is 11.6 Å². The highest BCUT2D eigenvalue weighted by molar-refractivity contribution is 6.03. The number of allylic oxidation sites excluding steroid dienone is 3. The molecule has 0 aliphatic carbocycles. The summed E-state index contributed by atoms with van der Waals surface area (Å²) in [6.07, 6.45) is 9.19. The third kappa shape index (κ3) is 5.19. The average molecular weight is 453 g/mol. The number of carbonyl (C=O) groups is 2. The van der Waals surface area contributed by atoms with Gasteiger partial charge in [-0.05, 0) is 25.3 Å². The number of aromatic nitrogens is 2. The van der Waals surface area contributed by atoms with E-state index < -0.39 is 16.8 Å². The van der Waals surface area contributed by atoms with Crippen LogP contribution < -0.4 is 5.32 Å². The Bertz CT molecular complexity index is 1080. The molecule has 1 aromatic carbocycles. The number of rotatable bonds is 9. The zero-order chi connectivity index (χ0) is 24.0. The molecule has 2 heterocycles. The van der Waals surface area contributed by atoms with Gasteiger partial charge < -0.3 is 10.1 Å². The number of methoxy groups -OCH3 is 1. The molecule has 0 radical (unpaired) electrons. The van der Waals surface area contributed by atoms with Crippen LogP contribution in [0.1, 0.15) is 62.2 Å². The number of esters is 1. The van der Waals surface area contributed by atoms with Crippen LogP contribution in [0.3, 0.4) is 0 Å². The largest absolute Gasteiger partial charge is 0.466 e. The SMILES string of the molecule is CCCCCCC1=C(C(=O)n2ccnc2)C(c2ccc([N+](=O)[O-])cc2)C(C(=O)OC)=C(C)N1. The smallest absolute Gasteiger partial charge is 0.336 e. The van der Waals surface area contributed by atoms with Crippen LogP contribution in [0.2, 0.25) is 0 Å². The van der Waals surface area contributed by atoms with Gasteiger partial charge in [0.15, 0.2) is 0 Å². The summed E-state index contributed by atoms with van der Waals surface area (Å²) in [7, 11) is 1.29. The lowest BCUT2D eigenvalue weighted by Crippen LogP contribution is -2.34. The van der Waals surface area contributed by atoms with E-state index in [1.807, 2.05) is 0 Å². The molecule has 1 aromatic heterocycles. The van der Waals surface area contributed by atoms with E-state index in [1.54, 1.807) is 25.3 Å². The fraction of sp³-hybridized carbons (Fsp3) is 0.375. The number of nitro groups is 1. The number of benzene rings is 1. The molecule has 0 saturated carbocycles. The third-order valence-corrected chi connectivity index (χ3v) is 5.74. The van der Waals surface area contributed by atoms with Crippen molar-refractivity contribution in [1.82, 2.24) is 14.9 Å². The molecule has 1 atom stereocenters. The summed E-state index contributed by atoms with van der Waals surface area (Å²) < 4.78 is 6.41. The van der Waals surface area contributed by atoms with Crippen LogP contribution in [0.25, 0.3) is 0 Å². The highest BCUT2D eigenvalue weighted by Crippen LogP contribution is 2.41. The van der Waals surface area contributed by atoms with E-state index in [4.69, 9.17) is 4.74 Å². The van der Waals surface area contributed by atoms with E-state index in [-0.39, 0.29) is 11.6 Å². The lowest BCUT2D eigenvalue weighted by molar-refractivity contribution is -0.384. The molecule has 0 amide bonds. The van der Waals surface area contributed by atoms with Crippen LogP contribution in [-0.2, 0) is 9.53 Å². The van der Waals surface area contributed by atoms with E-state index in [2.05, 4.69) is 17.2 Å². The van der Waals surface area contributed by atoms with Crippen LogP contribution in [0.5, 0.6) is 0 Å². The fourth-order valence-electron chi connectivity index (χ4n) is 4.10. The molecule has 33 heavy (non-hydrogen) atoms. The second kappa shape index (κ2) is 10.7. The number of nitrogens with zero attached hydrogens (tertiary/aromatic N) is 3. The number of hydrogen-bond donors (Lipinski definition) is 1. The average Bonchev–Trinajstić information content (AvgIpc) is 3.35. The van der Waals surface area contributed by atoms with Gasteiger partial charge in [-0.25, -0.2) is 9.78 Å². The molecule has 2 aromatic rings. The van der Waals surface area contributed by atoms with Crippen molar-refractivity contribution in [3.05, 3.63) is 81.2 Å². The van der Waals surface area contributed by atoms with Crippen molar-refractivity contribution < 1.29 is 19.2 Å². The molecule has 0 fully saturated rings. The minimum Gasteiger partial charge on any atom is -0.466 e. The molecule has 1 aliphatic heterocycles. The minimum absolute atomic E-state index is 0.0701. The maximum Gasteiger partial charge on any atom is 0.336 e. The first kappa shape index (κ1) is 23.9. The second-order valence-corrected chi connectivity index (χ2v) is 7.91. The maximum absolute atomic E-state index is 13.6. The van der Waals surface area contributed by atoms with Gasteiger partial charge in [0.05, 0.1) is 23.5 Å². The lowest BCUT2D eigenvalue weighted by atomic mass is 9.79. The number of non-ortho nitro benzene ring substituents is 1. The van der Waals surface area contributed by atoms with Gasteiger partial charge in [-0.2, -0.15) is 0 Å². The molecular formula is C24H28N4O5. The Morgan fingerprint density at radius 3 is 2.48 bits per heavy atom. The fourth-order valence-corrected chi connectivity index (χ4v) is 4.10. The van der Waals surface area contributed by atoms with Gasteiger partial charge in [-0.3, -0.25) is 19.5 Å². The lowest BCUT2D eigenvalue weighted by Gasteiger charge is -2.32. The highest BCUT2D eigenvalue weighted by atomic mass is 16.6. The summed E-state index contributed by atoms with van der Waals surface area (Å²) in [4.78, 5) is 41.1. The van der Waals surface area contributed by atoms with E-state index in [9.17, 15) is 19.7 Å². The van der Waals surface area contributed by atoms with E-state index in [0.717, 1.165) is 31.4 Å². The van der Waals surface area contributed by atoms with Crippen molar-refractivity contribution in [2.75, 3.05) is 7.11 Å². The number of imidazole rings is 1. The Kier molecular flexibility index (Phi) is 7.76. The number of carbonyl (C=O) groups excluding carboxylic acids is 2.